The molecular weight excluding hydrogens is 296 g/mol. The number of benzene rings is 1. The normalized spacial score (nSPS) is 9.80. The first-order chi connectivity index (χ1) is 7.13. The van der Waals surface area contributed by atoms with E-state index in [1.165, 1.54) is 0 Å². The van der Waals surface area contributed by atoms with E-state index in [0.29, 0.717) is 10.1 Å². The second-order valence-electron chi connectivity index (χ2n) is 3.01. The van der Waals surface area contributed by atoms with Crippen molar-refractivity contribution in [1.82, 2.24) is 5.32 Å². The van der Waals surface area contributed by atoms with Crippen LogP contribution >= 0.6 is 39.7 Å². The molecule has 0 radical (unpaired) electrons. The fraction of sp³-hybridized carbons (Fsp3) is 0.300. The van der Waals surface area contributed by atoms with Crippen molar-refractivity contribution in [3.8, 4) is 0 Å². The number of anilines is 1. The SMILES string of the molecule is CCCNC(=S)Nc1ccc(Cl)c(Br)c1. The van der Waals surface area contributed by atoms with E-state index < -0.39 is 0 Å². The van der Waals surface area contributed by atoms with Gasteiger partial charge in [-0.25, -0.2) is 0 Å². The van der Waals surface area contributed by atoms with E-state index in [0.717, 1.165) is 23.1 Å². The van der Waals surface area contributed by atoms with E-state index in [1.807, 2.05) is 18.2 Å². The Morgan fingerprint density at radius 3 is 2.87 bits per heavy atom. The third-order valence-corrected chi connectivity index (χ3v) is 3.17. The molecule has 82 valence electrons. The Kier molecular flexibility index (Phi) is 5.36. The van der Waals surface area contributed by atoms with Crippen molar-refractivity contribution in [3.05, 3.63) is 27.7 Å². The van der Waals surface area contributed by atoms with E-state index in [-0.39, 0.29) is 0 Å². The topological polar surface area (TPSA) is 24.1 Å². The number of nitrogens with one attached hydrogen (secondary N) is 2. The quantitative estimate of drug-likeness (QED) is 0.831. The maximum absolute atomic E-state index is 5.88. The van der Waals surface area contributed by atoms with Gasteiger partial charge in [-0.05, 0) is 52.8 Å². The lowest BCUT2D eigenvalue weighted by molar-refractivity contribution is 0.846. The van der Waals surface area contributed by atoms with Crippen LogP contribution in [0.1, 0.15) is 13.3 Å². The van der Waals surface area contributed by atoms with Crippen LogP contribution in [0.25, 0.3) is 0 Å². The van der Waals surface area contributed by atoms with Gasteiger partial charge in [-0.3, -0.25) is 0 Å². The standard InChI is InChI=1S/C10H12BrClN2S/c1-2-5-13-10(15)14-7-3-4-9(12)8(11)6-7/h3-4,6H,2,5H2,1H3,(H2,13,14,15). The number of hydrogen-bond acceptors (Lipinski definition) is 1. The molecule has 2 N–H and O–H groups in total. The Morgan fingerprint density at radius 1 is 1.53 bits per heavy atom. The van der Waals surface area contributed by atoms with Crippen LogP contribution in [0.3, 0.4) is 0 Å². The van der Waals surface area contributed by atoms with Crippen LogP contribution in [-0.4, -0.2) is 11.7 Å². The van der Waals surface area contributed by atoms with Crippen molar-refractivity contribution >= 4 is 50.5 Å². The van der Waals surface area contributed by atoms with Crippen molar-refractivity contribution in [2.45, 2.75) is 13.3 Å². The van der Waals surface area contributed by atoms with Gasteiger partial charge in [0.25, 0.3) is 0 Å². The molecule has 5 heteroatoms. The zero-order chi connectivity index (χ0) is 11.3. The minimum Gasteiger partial charge on any atom is -0.362 e. The maximum atomic E-state index is 5.88. The van der Waals surface area contributed by atoms with Crippen LogP contribution in [0.5, 0.6) is 0 Å². The molecule has 0 aliphatic carbocycles. The van der Waals surface area contributed by atoms with Gasteiger partial charge in [0.2, 0.25) is 0 Å². The molecule has 0 saturated carbocycles. The summed E-state index contributed by atoms with van der Waals surface area (Å²) in [5, 5.41) is 7.48. The summed E-state index contributed by atoms with van der Waals surface area (Å²) in [6.07, 6.45) is 1.05. The van der Waals surface area contributed by atoms with Gasteiger partial charge in [0.15, 0.2) is 5.11 Å². The second kappa shape index (κ2) is 6.30. The Hall–Kier alpha value is -0.320. The molecule has 0 spiro atoms. The van der Waals surface area contributed by atoms with E-state index in [9.17, 15) is 0 Å². The molecule has 0 aliphatic heterocycles. The lowest BCUT2D eigenvalue weighted by Crippen LogP contribution is -2.28. The summed E-state index contributed by atoms with van der Waals surface area (Å²) in [4.78, 5) is 0. The van der Waals surface area contributed by atoms with Gasteiger partial charge in [-0.1, -0.05) is 18.5 Å². The highest BCUT2D eigenvalue weighted by Crippen LogP contribution is 2.25. The van der Waals surface area contributed by atoms with Crippen molar-refractivity contribution in [1.29, 1.82) is 0 Å². The molecular formula is C10H12BrClN2S. The average Bonchev–Trinajstić information content (AvgIpc) is 2.20. The minimum atomic E-state index is 0.631. The number of halogens is 2. The molecule has 2 nitrogen and oxygen atoms in total. The molecule has 0 atom stereocenters. The van der Waals surface area contributed by atoms with Crippen molar-refractivity contribution in [3.63, 3.8) is 0 Å². The highest BCUT2D eigenvalue weighted by Gasteiger charge is 2.00. The highest BCUT2D eigenvalue weighted by atomic mass is 79.9. The smallest absolute Gasteiger partial charge is 0.170 e. The summed E-state index contributed by atoms with van der Waals surface area (Å²) in [6, 6.07) is 5.59. The molecule has 0 fully saturated rings. The summed E-state index contributed by atoms with van der Waals surface area (Å²) in [6.45, 7) is 2.97. The van der Waals surface area contributed by atoms with Crippen LogP contribution in [0, 0.1) is 0 Å². The van der Waals surface area contributed by atoms with Gasteiger partial charge in [-0.2, -0.15) is 0 Å². The molecule has 0 bridgehead atoms. The summed E-state index contributed by atoms with van der Waals surface area (Å²) >= 11 is 14.3. The maximum Gasteiger partial charge on any atom is 0.170 e. The molecule has 0 amide bonds. The summed E-state index contributed by atoms with van der Waals surface area (Å²) < 4.78 is 0.854. The largest absolute Gasteiger partial charge is 0.362 e. The van der Waals surface area contributed by atoms with Gasteiger partial charge >= 0.3 is 0 Å². The van der Waals surface area contributed by atoms with Gasteiger partial charge < -0.3 is 10.6 Å². The van der Waals surface area contributed by atoms with Gasteiger partial charge in [-0.15, -0.1) is 0 Å². The van der Waals surface area contributed by atoms with Crippen LogP contribution in [-0.2, 0) is 0 Å². The van der Waals surface area contributed by atoms with Crippen LogP contribution in [0.4, 0.5) is 5.69 Å². The molecule has 0 heterocycles. The number of thiocarbonyl (C=S) groups is 1. The second-order valence-corrected chi connectivity index (χ2v) is 4.68. The van der Waals surface area contributed by atoms with E-state index in [1.54, 1.807) is 0 Å². The van der Waals surface area contributed by atoms with Crippen LogP contribution in [0.15, 0.2) is 22.7 Å². The first kappa shape index (κ1) is 12.7. The summed E-state index contributed by atoms with van der Waals surface area (Å²) in [5.41, 5.74) is 0.917. The Bertz CT molecular complexity index is 357. The zero-order valence-electron chi connectivity index (χ0n) is 8.31. The zero-order valence-corrected chi connectivity index (χ0v) is 11.5. The lowest BCUT2D eigenvalue weighted by Gasteiger charge is -2.10. The first-order valence-electron chi connectivity index (χ1n) is 4.63. The molecule has 1 aromatic carbocycles. The highest BCUT2D eigenvalue weighted by molar-refractivity contribution is 9.10. The number of rotatable bonds is 3. The van der Waals surface area contributed by atoms with Gasteiger partial charge in [0.1, 0.15) is 0 Å². The molecule has 1 aromatic rings. The molecule has 1 rings (SSSR count). The van der Waals surface area contributed by atoms with Crippen molar-refractivity contribution in [2.24, 2.45) is 0 Å². The number of hydrogen-bond donors (Lipinski definition) is 2. The average molecular weight is 308 g/mol. The Morgan fingerprint density at radius 2 is 2.27 bits per heavy atom. The van der Waals surface area contributed by atoms with E-state index in [4.69, 9.17) is 23.8 Å². The molecule has 15 heavy (non-hydrogen) atoms. The van der Waals surface area contributed by atoms with E-state index in [2.05, 4.69) is 33.5 Å². The third kappa shape index (κ3) is 4.36. The molecule has 0 aromatic heterocycles. The molecule has 0 unspecified atom stereocenters. The molecule has 0 aliphatic rings. The first-order valence-corrected chi connectivity index (χ1v) is 6.21. The van der Waals surface area contributed by atoms with Crippen molar-refractivity contribution < 1.29 is 0 Å². The summed E-state index contributed by atoms with van der Waals surface area (Å²) in [5.74, 6) is 0. The lowest BCUT2D eigenvalue weighted by atomic mass is 10.3. The Labute approximate surface area is 109 Å². The van der Waals surface area contributed by atoms with Crippen LogP contribution < -0.4 is 10.6 Å². The fourth-order valence-electron chi connectivity index (χ4n) is 0.988. The predicted molar refractivity (Wildman–Crippen MR) is 73.7 cm³/mol. The Balaban J connectivity index is 2.57. The fourth-order valence-corrected chi connectivity index (χ4v) is 1.70. The van der Waals surface area contributed by atoms with Crippen molar-refractivity contribution in [2.75, 3.05) is 11.9 Å². The van der Waals surface area contributed by atoms with Gasteiger partial charge in [0, 0.05) is 16.7 Å². The van der Waals surface area contributed by atoms with E-state index >= 15 is 0 Å². The van der Waals surface area contributed by atoms with Crippen LogP contribution in [0.2, 0.25) is 5.02 Å². The summed E-state index contributed by atoms with van der Waals surface area (Å²) in [7, 11) is 0. The molecule has 0 saturated heterocycles. The minimum absolute atomic E-state index is 0.631. The monoisotopic (exact) mass is 306 g/mol. The third-order valence-electron chi connectivity index (χ3n) is 1.71. The predicted octanol–water partition coefficient (Wildman–Crippen LogP) is 3.80. The van der Waals surface area contributed by atoms with Gasteiger partial charge in [0.05, 0.1) is 5.02 Å².